The van der Waals surface area contributed by atoms with Gasteiger partial charge in [-0.25, -0.2) is 4.98 Å². The summed E-state index contributed by atoms with van der Waals surface area (Å²) in [5.41, 5.74) is 0.411. The molecule has 0 bridgehead atoms. The molecule has 2 saturated carbocycles. The van der Waals surface area contributed by atoms with E-state index in [1.165, 1.54) is 24.8 Å². The van der Waals surface area contributed by atoms with Crippen LogP contribution in [0.25, 0.3) is 0 Å². The average Bonchev–Trinajstić information content (AvgIpc) is 3.45. The summed E-state index contributed by atoms with van der Waals surface area (Å²) in [7, 11) is 0. The largest absolute Gasteiger partial charge is 0.468 e. The van der Waals surface area contributed by atoms with Crippen molar-refractivity contribution in [3.8, 4) is 5.88 Å². The lowest BCUT2D eigenvalue weighted by Gasteiger charge is -2.37. The SMILES string of the molecule is CCC1CCC(N(C(=O)c2ccc(OCC(F)(F)F)nc2)C2CC2)CC1. The second-order valence-corrected chi connectivity index (χ2v) is 7.32. The minimum atomic E-state index is -4.41. The number of carbonyl (C=O) groups excluding carboxylic acids is 1. The molecule has 2 aliphatic carbocycles. The maximum atomic E-state index is 13.0. The molecule has 0 atom stereocenters. The number of rotatable bonds is 6. The van der Waals surface area contributed by atoms with E-state index < -0.39 is 12.8 Å². The monoisotopic (exact) mass is 370 g/mol. The van der Waals surface area contributed by atoms with E-state index in [1.807, 2.05) is 4.90 Å². The lowest BCUT2D eigenvalue weighted by molar-refractivity contribution is -0.154. The molecule has 0 spiro atoms. The number of nitrogens with zero attached hydrogens (tertiary/aromatic N) is 2. The van der Waals surface area contributed by atoms with E-state index in [4.69, 9.17) is 0 Å². The molecule has 7 heteroatoms. The average molecular weight is 370 g/mol. The van der Waals surface area contributed by atoms with Gasteiger partial charge in [0.1, 0.15) is 0 Å². The molecule has 2 aliphatic rings. The lowest BCUT2D eigenvalue weighted by atomic mass is 9.83. The van der Waals surface area contributed by atoms with Crippen molar-refractivity contribution < 1.29 is 22.7 Å². The Hall–Kier alpha value is -1.79. The summed E-state index contributed by atoms with van der Waals surface area (Å²) < 4.78 is 41.2. The molecule has 0 unspecified atom stereocenters. The first-order valence-electron chi connectivity index (χ1n) is 9.35. The van der Waals surface area contributed by atoms with E-state index in [9.17, 15) is 18.0 Å². The van der Waals surface area contributed by atoms with Gasteiger partial charge in [0.05, 0.1) is 5.56 Å². The summed E-state index contributed by atoms with van der Waals surface area (Å²) in [5.74, 6) is 0.566. The van der Waals surface area contributed by atoms with E-state index >= 15 is 0 Å². The number of ether oxygens (including phenoxy) is 1. The Labute approximate surface area is 151 Å². The van der Waals surface area contributed by atoms with Crippen molar-refractivity contribution in [1.29, 1.82) is 0 Å². The first kappa shape index (κ1) is 19.0. The smallest absolute Gasteiger partial charge is 0.422 e. The van der Waals surface area contributed by atoms with Gasteiger partial charge in [-0.1, -0.05) is 13.3 Å². The predicted octanol–water partition coefficient (Wildman–Crippen LogP) is 4.60. The molecule has 1 aromatic rings. The molecular formula is C19H25F3N2O2. The van der Waals surface area contributed by atoms with Crippen molar-refractivity contribution in [2.75, 3.05) is 6.61 Å². The fourth-order valence-electron chi connectivity index (χ4n) is 3.71. The van der Waals surface area contributed by atoms with Crippen LogP contribution in [0.15, 0.2) is 18.3 Å². The summed E-state index contributed by atoms with van der Waals surface area (Å²) >= 11 is 0. The highest BCUT2D eigenvalue weighted by atomic mass is 19.4. The highest BCUT2D eigenvalue weighted by molar-refractivity contribution is 5.94. The molecule has 144 valence electrons. The van der Waals surface area contributed by atoms with Gasteiger partial charge in [0.15, 0.2) is 6.61 Å². The van der Waals surface area contributed by atoms with Gasteiger partial charge in [0, 0.05) is 24.3 Å². The quantitative estimate of drug-likeness (QED) is 0.735. The van der Waals surface area contributed by atoms with Crippen molar-refractivity contribution in [2.45, 2.75) is 70.1 Å². The Morgan fingerprint density at radius 3 is 2.23 bits per heavy atom. The molecule has 1 heterocycles. The van der Waals surface area contributed by atoms with Crippen LogP contribution in [0.5, 0.6) is 5.88 Å². The van der Waals surface area contributed by atoms with Gasteiger partial charge < -0.3 is 9.64 Å². The van der Waals surface area contributed by atoms with Crippen LogP contribution in [0.4, 0.5) is 13.2 Å². The van der Waals surface area contributed by atoms with Crippen molar-refractivity contribution >= 4 is 5.91 Å². The Balaban J connectivity index is 1.64. The lowest BCUT2D eigenvalue weighted by Crippen LogP contribution is -2.43. The third kappa shape index (κ3) is 4.89. The number of hydrogen-bond acceptors (Lipinski definition) is 3. The molecule has 26 heavy (non-hydrogen) atoms. The molecule has 0 aliphatic heterocycles. The van der Waals surface area contributed by atoms with Crippen LogP contribution in [-0.2, 0) is 0 Å². The fourth-order valence-corrected chi connectivity index (χ4v) is 3.71. The second kappa shape index (κ2) is 7.84. The minimum absolute atomic E-state index is 0.0673. The van der Waals surface area contributed by atoms with Gasteiger partial charge in [-0.2, -0.15) is 13.2 Å². The zero-order valence-electron chi connectivity index (χ0n) is 15.0. The van der Waals surface area contributed by atoms with E-state index in [1.54, 1.807) is 0 Å². The number of amides is 1. The van der Waals surface area contributed by atoms with E-state index in [2.05, 4.69) is 16.6 Å². The molecule has 0 radical (unpaired) electrons. The molecular weight excluding hydrogens is 345 g/mol. The van der Waals surface area contributed by atoms with Gasteiger partial charge in [0.25, 0.3) is 5.91 Å². The molecule has 0 aromatic carbocycles. The molecule has 4 nitrogen and oxygen atoms in total. The highest BCUT2D eigenvalue weighted by Crippen LogP contribution is 2.37. The normalized spacial score (nSPS) is 23.5. The highest BCUT2D eigenvalue weighted by Gasteiger charge is 2.39. The Bertz CT molecular complexity index is 606. The summed E-state index contributed by atoms with van der Waals surface area (Å²) in [5, 5.41) is 0. The summed E-state index contributed by atoms with van der Waals surface area (Å²) in [6.07, 6.45) is 4.52. The maximum absolute atomic E-state index is 13.0. The Morgan fingerprint density at radius 1 is 1.15 bits per heavy atom. The van der Waals surface area contributed by atoms with Crippen molar-refractivity contribution in [3.63, 3.8) is 0 Å². The van der Waals surface area contributed by atoms with Crippen LogP contribution in [0.2, 0.25) is 0 Å². The van der Waals surface area contributed by atoms with Gasteiger partial charge in [-0.3, -0.25) is 4.79 Å². The summed E-state index contributed by atoms with van der Waals surface area (Å²) in [6.45, 7) is 0.824. The maximum Gasteiger partial charge on any atom is 0.422 e. The molecule has 1 amide bonds. The summed E-state index contributed by atoms with van der Waals surface area (Å²) in [6, 6.07) is 3.40. The Kier molecular flexibility index (Phi) is 5.73. The minimum Gasteiger partial charge on any atom is -0.468 e. The third-order valence-electron chi connectivity index (χ3n) is 5.33. The van der Waals surface area contributed by atoms with E-state index in [-0.39, 0.29) is 17.8 Å². The Morgan fingerprint density at radius 2 is 1.77 bits per heavy atom. The van der Waals surface area contributed by atoms with Crippen molar-refractivity contribution in [3.05, 3.63) is 23.9 Å². The van der Waals surface area contributed by atoms with Crippen LogP contribution in [-0.4, -0.2) is 40.7 Å². The van der Waals surface area contributed by atoms with Crippen LogP contribution in [0.1, 0.15) is 62.2 Å². The molecule has 3 rings (SSSR count). The molecule has 1 aromatic heterocycles. The standard InChI is InChI=1S/C19H25F3N2O2/c1-2-13-3-6-15(7-4-13)24(16-8-9-16)18(25)14-5-10-17(23-11-14)26-12-19(20,21)22/h5,10-11,13,15-16H,2-4,6-9,12H2,1H3. The fraction of sp³-hybridized carbons (Fsp3) is 0.684. The van der Waals surface area contributed by atoms with Crippen LogP contribution < -0.4 is 4.74 Å². The van der Waals surface area contributed by atoms with Gasteiger partial charge in [0.2, 0.25) is 5.88 Å². The van der Waals surface area contributed by atoms with E-state index in [0.717, 1.165) is 44.4 Å². The van der Waals surface area contributed by atoms with E-state index in [0.29, 0.717) is 11.6 Å². The second-order valence-electron chi connectivity index (χ2n) is 7.32. The van der Waals surface area contributed by atoms with Crippen LogP contribution in [0.3, 0.4) is 0 Å². The van der Waals surface area contributed by atoms with Crippen LogP contribution in [0, 0.1) is 5.92 Å². The summed E-state index contributed by atoms with van der Waals surface area (Å²) in [4.78, 5) is 18.8. The van der Waals surface area contributed by atoms with Crippen LogP contribution >= 0.6 is 0 Å². The molecule has 0 N–H and O–H groups in total. The van der Waals surface area contributed by atoms with Crippen molar-refractivity contribution in [2.24, 2.45) is 5.92 Å². The number of alkyl halides is 3. The topological polar surface area (TPSA) is 42.4 Å². The number of aromatic nitrogens is 1. The van der Waals surface area contributed by atoms with Gasteiger partial charge >= 0.3 is 6.18 Å². The number of carbonyl (C=O) groups is 1. The zero-order chi connectivity index (χ0) is 18.7. The van der Waals surface area contributed by atoms with Gasteiger partial charge in [-0.15, -0.1) is 0 Å². The molecule has 2 fully saturated rings. The third-order valence-corrected chi connectivity index (χ3v) is 5.33. The number of halogens is 3. The number of hydrogen-bond donors (Lipinski definition) is 0. The van der Waals surface area contributed by atoms with Gasteiger partial charge in [-0.05, 0) is 50.5 Å². The first-order chi connectivity index (χ1) is 12.4. The zero-order valence-corrected chi connectivity index (χ0v) is 15.0. The molecule has 0 saturated heterocycles. The van der Waals surface area contributed by atoms with Crippen molar-refractivity contribution in [1.82, 2.24) is 9.88 Å². The predicted molar refractivity (Wildman–Crippen MR) is 91.0 cm³/mol. The first-order valence-corrected chi connectivity index (χ1v) is 9.35. The number of pyridine rings is 1.